The van der Waals surface area contributed by atoms with Crippen LogP contribution in [0.5, 0.6) is 5.75 Å². The fourth-order valence-corrected chi connectivity index (χ4v) is 1.75. The molecule has 0 heterocycles. The van der Waals surface area contributed by atoms with E-state index in [4.69, 9.17) is 15.2 Å². The fourth-order valence-electron chi connectivity index (χ4n) is 1.75. The predicted octanol–water partition coefficient (Wildman–Crippen LogP) is 1.68. The Kier molecular flexibility index (Phi) is 5.63. The molecule has 0 bridgehead atoms. The first-order valence-electron chi connectivity index (χ1n) is 6.23. The van der Waals surface area contributed by atoms with Crippen molar-refractivity contribution in [1.29, 1.82) is 0 Å². The van der Waals surface area contributed by atoms with Gasteiger partial charge in [0.05, 0.1) is 31.0 Å². The average Bonchev–Trinajstić information content (AvgIpc) is 2.38. The molecular weight excluding hydrogens is 244 g/mol. The Morgan fingerprint density at radius 2 is 2.05 bits per heavy atom. The summed E-state index contributed by atoms with van der Waals surface area (Å²) in [7, 11) is 3.14. The summed E-state index contributed by atoms with van der Waals surface area (Å²) in [5.41, 5.74) is 6.67. The van der Waals surface area contributed by atoms with E-state index in [1.54, 1.807) is 25.3 Å². The van der Waals surface area contributed by atoms with Gasteiger partial charge in [0.1, 0.15) is 5.75 Å². The summed E-state index contributed by atoms with van der Waals surface area (Å²) in [5, 5.41) is 2.93. The molecule has 0 saturated heterocycles. The Morgan fingerprint density at radius 3 is 2.58 bits per heavy atom. The highest BCUT2D eigenvalue weighted by Gasteiger charge is 2.19. The number of rotatable bonds is 6. The first-order chi connectivity index (χ1) is 9.01. The Morgan fingerprint density at radius 1 is 1.37 bits per heavy atom. The van der Waals surface area contributed by atoms with E-state index in [2.05, 4.69) is 5.32 Å². The number of hydrogen-bond acceptors (Lipinski definition) is 4. The van der Waals surface area contributed by atoms with Crippen molar-refractivity contribution in [2.24, 2.45) is 5.92 Å². The number of carbonyl (C=O) groups is 1. The van der Waals surface area contributed by atoms with Crippen molar-refractivity contribution in [3.8, 4) is 5.75 Å². The third-order valence-electron chi connectivity index (χ3n) is 3.00. The number of para-hydroxylation sites is 1. The smallest absolute Gasteiger partial charge is 0.253 e. The summed E-state index contributed by atoms with van der Waals surface area (Å²) in [4.78, 5) is 12.2. The zero-order valence-electron chi connectivity index (χ0n) is 11.9. The van der Waals surface area contributed by atoms with Crippen LogP contribution in [0, 0.1) is 5.92 Å². The van der Waals surface area contributed by atoms with Crippen LogP contribution in [0.1, 0.15) is 24.2 Å². The molecule has 3 N–H and O–H groups in total. The van der Waals surface area contributed by atoms with Crippen LogP contribution in [0.2, 0.25) is 0 Å². The Hall–Kier alpha value is -1.75. The maximum atomic E-state index is 12.2. The topological polar surface area (TPSA) is 73.6 Å². The van der Waals surface area contributed by atoms with Gasteiger partial charge >= 0.3 is 0 Å². The van der Waals surface area contributed by atoms with E-state index in [1.165, 1.54) is 7.11 Å². The van der Waals surface area contributed by atoms with Gasteiger partial charge in [0.25, 0.3) is 5.91 Å². The molecule has 106 valence electrons. The van der Waals surface area contributed by atoms with Crippen molar-refractivity contribution in [3.63, 3.8) is 0 Å². The average molecular weight is 266 g/mol. The number of benzene rings is 1. The van der Waals surface area contributed by atoms with Crippen molar-refractivity contribution in [2.45, 2.75) is 19.9 Å². The van der Waals surface area contributed by atoms with Crippen molar-refractivity contribution in [3.05, 3.63) is 23.8 Å². The second-order valence-electron chi connectivity index (χ2n) is 4.70. The van der Waals surface area contributed by atoms with Crippen LogP contribution in [0.15, 0.2) is 18.2 Å². The van der Waals surface area contributed by atoms with E-state index < -0.39 is 0 Å². The molecule has 0 fully saturated rings. The molecule has 1 atom stereocenters. The van der Waals surface area contributed by atoms with Crippen LogP contribution < -0.4 is 15.8 Å². The lowest BCUT2D eigenvalue weighted by atomic mass is 10.0. The van der Waals surface area contributed by atoms with E-state index in [-0.39, 0.29) is 17.9 Å². The summed E-state index contributed by atoms with van der Waals surface area (Å²) >= 11 is 0. The first kappa shape index (κ1) is 15.3. The number of ether oxygens (including phenoxy) is 2. The normalized spacial score (nSPS) is 12.3. The maximum absolute atomic E-state index is 12.2. The molecule has 5 nitrogen and oxygen atoms in total. The molecule has 0 aliphatic rings. The van der Waals surface area contributed by atoms with Gasteiger partial charge in [-0.15, -0.1) is 0 Å². The molecule has 0 aromatic heterocycles. The van der Waals surface area contributed by atoms with Gasteiger partial charge in [-0.05, 0) is 18.1 Å². The van der Waals surface area contributed by atoms with Crippen molar-refractivity contribution in [2.75, 3.05) is 26.6 Å². The third-order valence-corrected chi connectivity index (χ3v) is 3.00. The molecule has 0 saturated carbocycles. The third kappa shape index (κ3) is 3.86. The zero-order chi connectivity index (χ0) is 14.4. The number of nitrogens with one attached hydrogen (secondary N) is 1. The minimum atomic E-state index is -0.216. The molecule has 19 heavy (non-hydrogen) atoms. The number of carbonyl (C=O) groups excluding carboxylic acids is 1. The summed E-state index contributed by atoms with van der Waals surface area (Å²) in [6.07, 6.45) is 0. The molecule has 1 amide bonds. The van der Waals surface area contributed by atoms with Gasteiger partial charge < -0.3 is 20.5 Å². The molecule has 5 heteroatoms. The van der Waals surface area contributed by atoms with Crippen LogP contribution >= 0.6 is 0 Å². The lowest BCUT2D eigenvalue weighted by Gasteiger charge is -2.22. The van der Waals surface area contributed by atoms with Crippen LogP contribution in [-0.2, 0) is 4.74 Å². The summed E-state index contributed by atoms with van der Waals surface area (Å²) in [5.74, 6) is 0.559. The Labute approximate surface area is 114 Å². The number of hydrogen-bond donors (Lipinski definition) is 2. The first-order valence-corrected chi connectivity index (χ1v) is 6.23. The Bertz CT molecular complexity index is 433. The number of anilines is 1. The van der Waals surface area contributed by atoms with Crippen LogP contribution in [-0.4, -0.2) is 32.8 Å². The highest BCUT2D eigenvalue weighted by Crippen LogP contribution is 2.24. The molecule has 1 rings (SSSR count). The summed E-state index contributed by atoms with van der Waals surface area (Å²) < 4.78 is 10.2. The van der Waals surface area contributed by atoms with Gasteiger partial charge in [-0.25, -0.2) is 0 Å². The van der Waals surface area contributed by atoms with Gasteiger partial charge in [0.2, 0.25) is 0 Å². The van der Waals surface area contributed by atoms with Gasteiger partial charge in [0, 0.05) is 7.11 Å². The standard InChI is InChI=1S/C14H22N2O3/c1-9(2)11(8-18-3)16-14(17)10-6-5-7-12(19-4)13(10)15/h5-7,9,11H,8,15H2,1-4H3,(H,16,17). The minimum Gasteiger partial charge on any atom is -0.495 e. The highest BCUT2D eigenvalue weighted by atomic mass is 16.5. The van der Waals surface area contributed by atoms with Crippen molar-refractivity contribution in [1.82, 2.24) is 5.32 Å². The number of methoxy groups -OCH3 is 2. The second-order valence-corrected chi connectivity index (χ2v) is 4.70. The SMILES string of the molecule is COCC(NC(=O)c1cccc(OC)c1N)C(C)C. The quantitative estimate of drug-likeness (QED) is 0.768. The minimum absolute atomic E-state index is 0.0527. The monoisotopic (exact) mass is 266 g/mol. The maximum Gasteiger partial charge on any atom is 0.253 e. The van der Waals surface area contributed by atoms with Crippen LogP contribution in [0.4, 0.5) is 5.69 Å². The number of nitrogens with two attached hydrogens (primary N) is 1. The van der Waals surface area contributed by atoms with Gasteiger partial charge in [-0.3, -0.25) is 4.79 Å². The van der Waals surface area contributed by atoms with E-state index >= 15 is 0 Å². The molecule has 1 unspecified atom stereocenters. The second kappa shape index (κ2) is 6.99. The lowest BCUT2D eigenvalue weighted by Crippen LogP contribution is -2.41. The fraction of sp³-hybridized carbons (Fsp3) is 0.500. The van der Waals surface area contributed by atoms with Crippen LogP contribution in [0.25, 0.3) is 0 Å². The summed E-state index contributed by atoms with van der Waals surface area (Å²) in [6, 6.07) is 5.09. The Balaban J connectivity index is 2.88. The summed E-state index contributed by atoms with van der Waals surface area (Å²) in [6.45, 7) is 4.52. The molecule has 1 aromatic rings. The van der Waals surface area contributed by atoms with Gasteiger partial charge in [-0.2, -0.15) is 0 Å². The molecule has 1 aromatic carbocycles. The molecular formula is C14H22N2O3. The lowest BCUT2D eigenvalue weighted by molar-refractivity contribution is 0.0867. The van der Waals surface area contributed by atoms with Gasteiger partial charge in [0.15, 0.2) is 0 Å². The van der Waals surface area contributed by atoms with E-state index in [1.807, 2.05) is 13.8 Å². The van der Waals surface area contributed by atoms with E-state index in [0.717, 1.165) is 0 Å². The highest BCUT2D eigenvalue weighted by molar-refractivity contribution is 6.00. The largest absolute Gasteiger partial charge is 0.495 e. The number of amides is 1. The molecule has 0 aliphatic carbocycles. The molecule has 0 spiro atoms. The van der Waals surface area contributed by atoms with E-state index in [9.17, 15) is 4.79 Å². The van der Waals surface area contributed by atoms with E-state index in [0.29, 0.717) is 23.6 Å². The zero-order valence-corrected chi connectivity index (χ0v) is 11.9. The van der Waals surface area contributed by atoms with Gasteiger partial charge in [-0.1, -0.05) is 19.9 Å². The molecule has 0 aliphatic heterocycles. The van der Waals surface area contributed by atoms with Crippen molar-refractivity contribution >= 4 is 11.6 Å². The predicted molar refractivity (Wildman–Crippen MR) is 75.4 cm³/mol. The number of nitrogen functional groups attached to an aromatic ring is 1. The van der Waals surface area contributed by atoms with Crippen molar-refractivity contribution < 1.29 is 14.3 Å². The van der Waals surface area contributed by atoms with Crippen LogP contribution in [0.3, 0.4) is 0 Å². The molecule has 0 radical (unpaired) electrons.